The number of hydrogen-bond donors (Lipinski definition) is 1. The topological polar surface area (TPSA) is 38.4 Å². The van der Waals surface area contributed by atoms with Crippen LogP contribution in [0.3, 0.4) is 0 Å². The summed E-state index contributed by atoms with van der Waals surface area (Å²) in [4.78, 5) is 4.42. The zero-order valence-corrected chi connectivity index (χ0v) is 7.40. The number of nitrogens with two attached hydrogens (primary N) is 1. The van der Waals surface area contributed by atoms with Crippen LogP contribution in [0.5, 0.6) is 0 Å². The molecule has 3 rings (SSSR count). The molecule has 1 heterocycles. The molecule has 1 aromatic carbocycles. The van der Waals surface area contributed by atoms with Crippen molar-refractivity contribution in [1.29, 1.82) is 0 Å². The smallest absolute Gasteiger partial charge is 0.0668 e. The number of rotatable bonds is 0. The fourth-order valence-electron chi connectivity index (χ4n) is 2.35. The number of fused-ring (bicyclic) bond motifs is 2. The lowest BCUT2D eigenvalue weighted by Gasteiger charge is -2.43. The van der Waals surface area contributed by atoms with Crippen molar-refractivity contribution in [3.05, 3.63) is 29.8 Å². The molecule has 2 unspecified atom stereocenters. The molecule has 66 valence electrons. The third-order valence-electron chi connectivity index (χ3n) is 3.37. The van der Waals surface area contributed by atoms with Gasteiger partial charge in [-0.1, -0.05) is 18.2 Å². The third-order valence-corrected chi connectivity index (χ3v) is 3.37. The predicted octanol–water partition coefficient (Wildman–Crippen LogP) is 1.76. The molecular formula is C11H12N2. The first-order chi connectivity index (χ1) is 6.33. The number of aliphatic imine (C=N–C) groups is 1. The zero-order valence-electron chi connectivity index (χ0n) is 7.40. The monoisotopic (exact) mass is 172 g/mol. The van der Waals surface area contributed by atoms with Crippen molar-refractivity contribution >= 4 is 11.9 Å². The first-order valence-electron chi connectivity index (χ1n) is 4.73. The molecule has 2 nitrogen and oxygen atoms in total. The molecule has 0 aromatic heterocycles. The van der Waals surface area contributed by atoms with E-state index in [-0.39, 0.29) is 11.5 Å². The van der Waals surface area contributed by atoms with Gasteiger partial charge < -0.3 is 5.73 Å². The summed E-state index contributed by atoms with van der Waals surface area (Å²) < 4.78 is 0. The van der Waals surface area contributed by atoms with E-state index in [4.69, 9.17) is 5.73 Å². The average Bonchev–Trinajstić information content (AvgIpc) is 2.57. The van der Waals surface area contributed by atoms with Gasteiger partial charge >= 0.3 is 0 Å². The maximum Gasteiger partial charge on any atom is 0.0668 e. The molecule has 0 saturated heterocycles. The van der Waals surface area contributed by atoms with E-state index < -0.39 is 0 Å². The van der Waals surface area contributed by atoms with Crippen molar-refractivity contribution in [1.82, 2.24) is 0 Å². The average molecular weight is 172 g/mol. The lowest BCUT2D eigenvalue weighted by atomic mass is 9.62. The Morgan fingerprint density at radius 1 is 1.38 bits per heavy atom. The minimum absolute atomic E-state index is 0.0938. The fraction of sp³-hybridized carbons (Fsp3) is 0.364. The van der Waals surface area contributed by atoms with Gasteiger partial charge in [-0.2, -0.15) is 0 Å². The Bertz CT molecular complexity index is 383. The summed E-state index contributed by atoms with van der Waals surface area (Å²) in [5.74, 6) is 0. The summed E-state index contributed by atoms with van der Waals surface area (Å²) >= 11 is 0. The molecule has 2 atom stereocenters. The Balaban J connectivity index is 2.17. The molecule has 0 bridgehead atoms. The van der Waals surface area contributed by atoms with Crippen LogP contribution < -0.4 is 5.73 Å². The van der Waals surface area contributed by atoms with Gasteiger partial charge in [0.2, 0.25) is 0 Å². The van der Waals surface area contributed by atoms with E-state index in [1.807, 2.05) is 12.3 Å². The van der Waals surface area contributed by atoms with Crippen LogP contribution >= 0.6 is 0 Å². The number of benzene rings is 1. The SMILES string of the molecule is NC1CCC12C=Nc1ccccc12. The fourth-order valence-corrected chi connectivity index (χ4v) is 2.35. The molecule has 1 aliphatic carbocycles. The molecule has 1 aromatic rings. The van der Waals surface area contributed by atoms with Gasteiger partial charge in [0.25, 0.3) is 0 Å². The van der Waals surface area contributed by atoms with E-state index in [1.54, 1.807) is 0 Å². The molecular weight excluding hydrogens is 160 g/mol. The molecule has 0 amide bonds. The lowest BCUT2D eigenvalue weighted by molar-refractivity contribution is 0.288. The van der Waals surface area contributed by atoms with Crippen molar-refractivity contribution in [3.63, 3.8) is 0 Å². The predicted molar refractivity (Wildman–Crippen MR) is 53.5 cm³/mol. The Labute approximate surface area is 77.5 Å². The van der Waals surface area contributed by atoms with Crippen LogP contribution in [0.4, 0.5) is 5.69 Å². The Kier molecular flexibility index (Phi) is 1.23. The van der Waals surface area contributed by atoms with Gasteiger partial charge in [-0.05, 0) is 24.5 Å². The first kappa shape index (κ1) is 7.27. The molecule has 1 saturated carbocycles. The molecule has 1 aliphatic heterocycles. The Hall–Kier alpha value is -1.15. The van der Waals surface area contributed by atoms with Crippen molar-refractivity contribution in [3.8, 4) is 0 Å². The van der Waals surface area contributed by atoms with Gasteiger partial charge in [-0.25, -0.2) is 0 Å². The van der Waals surface area contributed by atoms with E-state index in [1.165, 1.54) is 5.56 Å². The van der Waals surface area contributed by atoms with Gasteiger partial charge in [0.05, 0.1) is 5.69 Å². The van der Waals surface area contributed by atoms with Crippen LogP contribution in [-0.2, 0) is 5.41 Å². The van der Waals surface area contributed by atoms with Crippen molar-refractivity contribution in [2.75, 3.05) is 0 Å². The summed E-state index contributed by atoms with van der Waals surface area (Å²) in [6.07, 6.45) is 4.33. The van der Waals surface area contributed by atoms with Gasteiger partial charge in [-0.3, -0.25) is 4.99 Å². The number of hydrogen-bond acceptors (Lipinski definition) is 2. The molecule has 13 heavy (non-hydrogen) atoms. The van der Waals surface area contributed by atoms with Crippen LogP contribution in [-0.4, -0.2) is 12.3 Å². The maximum absolute atomic E-state index is 6.04. The molecule has 0 radical (unpaired) electrons. The number of para-hydroxylation sites is 1. The van der Waals surface area contributed by atoms with Gasteiger partial charge in [-0.15, -0.1) is 0 Å². The largest absolute Gasteiger partial charge is 0.327 e. The summed E-state index contributed by atoms with van der Waals surface area (Å²) in [6.45, 7) is 0. The molecule has 2 aliphatic rings. The Morgan fingerprint density at radius 2 is 2.23 bits per heavy atom. The molecule has 1 spiro atoms. The summed E-state index contributed by atoms with van der Waals surface area (Å²) in [7, 11) is 0. The molecule has 1 fully saturated rings. The van der Waals surface area contributed by atoms with Gasteiger partial charge in [0.15, 0.2) is 0 Å². The molecule has 2 N–H and O–H groups in total. The molecule has 2 heteroatoms. The second-order valence-corrected chi connectivity index (χ2v) is 3.96. The highest BCUT2D eigenvalue weighted by molar-refractivity contribution is 5.87. The van der Waals surface area contributed by atoms with Crippen molar-refractivity contribution in [2.24, 2.45) is 10.7 Å². The maximum atomic E-state index is 6.04. The second kappa shape index (κ2) is 2.20. The van der Waals surface area contributed by atoms with Crippen LogP contribution in [0.1, 0.15) is 18.4 Å². The first-order valence-corrected chi connectivity index (χ1v) is 4.73. The summed E-state index contributed by atoms with van der Waals surface area (Å²) in [6, 6.07) is 8.59. The highest BCUT2D eigenvalue weighted by Crippen LogP contribution is 2.48. The minimum Gasteiger partial charge on any atom is -0.327 e. The third kappa shape index (κ3) is 0.742. The minimum atomic E-state index is 0.0938. The standard InChI is InChI=1S/C11H12N2/c12-10-5-6-11(10)7-13-9-4-2-1-3-8(9)11/h1-4,7,10H,5-6,12H2. The van der Waals surface area contributed by atoms with Crippen LogP contribution in [0.15, 0.2) is 29.3 Å². The van der Waals surface area contributed by atoms with Crippen molar-refractivity contribution < 1.29 is 0 Å². The van der Waals surface area contributed by atoms with E-state index in [0.29, 0.717) is 0 Å². The zero-order chi connectivity index (χ0) is 8.89. The van der Waals surface area contributed by atoms with Crippen LogP contribution in [0, 0.1) is 0 Å². The summed E-state index contributed by atoms with van der Waals surface area (Å²) in [5.41, 5.74) is 8.57. The van der Waals surface area contributed by atoms with Gasteiger partial charge in [0, 0.05) is 17.7 Å². The lowest BCUT2D eigenvalue weighted by Crippen LogP contribution is -2.54. The quantitative estimate of drug-likeness (QED) is 0.636. The van der Waals surface area contributed by atoms with E-state index in [0.717, 1.165) is 18.5 Å². The Morgan fingerprint density at radius 3 is 2.92 bits per heavy atom. The van der Waals surface area contributed by atoms with E-state index in [9.17, 15) is 0 Å². The highest BCUT2D eigenvalue weighted by Gasteiger charge is 2.48. The van der Waals surface area contributed by atoms with Crippen LogP contribution in [0.25, 0.3) is 0 Å². The number of nitrogens with zero attached hydrogens (tertiary/aromatic N) is 1. The van der Waals surface area contributed by atoms with E-state index >= 15 is 0 Å². The normalized spacial score (nSPS) is 34.7. The van der Waals surface area contributed by atoms with E-state index in [2.05, 4.69) is 23.2 Å². The van der Waals surface area contributed by atoms with Crippen molar-refractivity contribution in [2.45, 2.75) is 24.3 Å². The highest BCUT2D eigenvalue weighted by atomic mass is 14.9. The second-order valence-electron chi connectivity index (χ2n) is 3.96. The summed E-state index contributed by atoms with van der Waals surface area (Å²) in [5, 5.41) is 0. The van der Waals surface area contributed by atoms with Gasteiger partial charge in [0.1, 0.15) is 0 Å². The van der Waals surface area contributed by atoms with Crippen LogP contribution in [0.2, 0.25) is 0 Å².